The minimum atomic E-state index is -0.433. The van der Waals surface area contributed by atoms with Crippen LogP contribution in [0.3, 0.4) is 0 Å². The van der Waals surface area contributed by atoms with E-state index in [9.17, 15) is 9.59 Å². The van der Waals surface area contributed by atoms with E-state index in [1.807, 2.05) is 20.8 Å². The molecule has 3 saturated carbocycles. The molecule has 4 rings (SSSR count). The van der Waals surface area contributed by atoms with Crippen molar-refractivity contribution in [1.82, 2.24) is 0 Å². The number of rotatable bonds is 5. The van der Waals surface area contributed by atoms with Crippen molar-refractivity contribution < 1.29 is 23.8 Å². The first kappa shape index (κ1) is 20.2. The molecule has 0 N–H and O–H groups in total. The molecule has 1 heterocycles. The summed E-state index contributed by atoms with van der Waals surface area (Å²) in [5.41, 5.74) is -0.433. The average molecular weight is 393 g/mol. The first-order valence-corrected chi connectivity index (χ1v) is 11.5. The molecule has 0 aromatic rings. The van der Waals surface area contributed by atoms with E-state index in [2.05, 4.69) is 0 Å². The summed E-state index contributed by atoms with van der Waals surface area (Å²) >= 11 is 0. The standard InChI is InChI=1S/C23H36O5/c1-4-23(2,3)22(25)28-18-10-6-7-15-16(18)8-5-9-17(15)27-21(24)14-11-12-19-20(13-14)26-19/h14-20H,4-13H2,1-3H3. The van der Waals surface area contributed by atoms with Crippen molar-refractivity contribution in [3.8, 4) is 0 Å². The van der Waals surface area contributed by atoms with Gasteiger partial charge in [0, 0.05) is 11.8 Å². The first-order chi connectivity index (χ1) is 13.4. The lowest BCUT2D eigenvalue weighted by Gasteiger charge is -2.45. The maximum atomic E-state index is 12.8. The second-order valence-corrected chi connectivity index (χ2v) is 10.1. The van der Waals surface area contributed by atoms with Gasteiger partial charge in [-0.1, -0.05) is 6.92 Å². The molecule has 4 fully saturated rings. The van der Waals surface area contributed by atoms with Crippen molar-refractivity contribution >= 4 is 11.9 Å². The molecule has 158 valence electrons. The molecule has 5 heteroatoms. The fourth-order valence-electron chi connectivity index (χ4n) is 5.49. The Bertz CT molecular complexity index is 600. The molecule has 0 aromatic carbocycles. The zero-order chi connectivity index (χ0) is 19.9. The zero-order valence-corrected chi connectivity index (χ0v) is 17.7. The maximum absolute atomic E-state index is 12.8. The Hall–Kier alpha value is -1.10. The fourth-order valence-corrected chi connectivity index (χ4v) is 5.49. The lowest BCUT2D eigenvalue weighted by molar-refractivity contribution is -0.177. The van der Waals surface area contributed by atoms with Crippen LogP contribution in [0.15, 0.2) is 0 Å². The SMILES string of the molecule is CCC(C)(C)C(=O)OC1CCCC2C(OC(=O)C3CCC4OC4C3)CCCC12. The number of esters is 2. The number of ether oxygens (including phenoxy) is 3. The summed E-state index contributed by atoms with van der Waals surface area (Å²) < 4.78 is 17.6. The third-order valence-electron chi connectivity index (χ3n) is 7.86. The van der Waals surface area contributed by atoms with Gasteiger partial charge in [-0.15, -0.1) is 0 Å². The quantitative estimate of drug-likeness (QED) is 0.512. The van der Waals surface area contributed by atoms with Gasteiger partial charge in [0.15, 0.2) is 0 Å². The Morgan fingerprint density at radius 3 is 2.14 bits per heavy atom. The highest BCUT2D eigenvalue weighted by Crippen LogP contribution is 2.45. The highest BCUT2D eigenvalue weighted by Gasteiger charge is 2.48. The van der Waals surface area contributed by atoms with E-state index >= 15 is 0 Å². The van der Waals surface area contributed by atoms with Gasteiger partial charge in [-0.25, -0.2) is 0 Å². The highest BCUT2D eigenvalue weighted by molar-refractivity contribution is 5.76. The Kier molecular flexibility index (Phi) is 5.74. The molecule has 28 heavy (non-hydrogen) atoms. The van der Waals surface area contributed by atoms with E-state index < -0.39 is 5.41 Å². The minimum absolute atomic E-state index is 0.00620. The molecular formula is C23H36O5. The van der Waals surface area contributed by atoms with Crippen LogP contribution in [0.4, 0.5) is 0 Å². The summed E-state index contributed by atoms with van der Waals surface area (Å²) in [5.74, 6) is 0.570. The van der Waals surface area contributed by atoms with Crippen LogP contribution in [0.2, 0.25) is 0 Å². The van der Waals surface area contributed by atoms with Gasteiger partial charge in [0.1, 0.15) is 12.2 Å². The number of carbonyl (C=O) groups excluding carboxylic acids is 2. The number of fused-ring (bicyclic) bond motifs is 2. The minimum Gasteiger partial charge on any atom is -0.462 e. The van der Waals surface area contributed by atoms with Crippen molar-refractivity contribution in [3.63, 3.8) is 0 Å². The molecule has 0 bridgehead atoms. The van der Waals surface area contributed by atoms with Crippen molar-refractivity contribution in [3.05, 3.63) is 0 Å². The summed E-state index contributed by atoms with van der Waals surface area (Å²) in [6.45, 7) is 5.94. The van der Waals surface area contributed by atoms with Gasteiger partial charge in [-0.2, -0.15) is 0 Å². The lowest BCUT2D eigenvalue weighted by Crippen LogP contribution is -2.46. The third-order valence-corrected chi connectivity index (χ3v) is 7.86. The summed E-state index contributed by atoms with van der Waals surface area (Å²) in [6.07, 6.45) is 10.3. The number of hydrogen-bond acceptors (Lipinski definition) is 5. The van der Waals surface area contributed by atoms with Gasteiger partial charge in [-0.3, -0.25) is 9.59 Å². The van der Waals surface area contributed by atoms with Crippen molar-refractivity contribution in [2.45, 2.75) is 109 Å². The van der Waals surface area contributed by atoms with Gasteiger partial charge >= 0.3 is 11.9 Å². The van der Waals surface area contributed by atoms with Crippen LogP contribution in [0.25, 0.3) is 0 Å². The number of carbonyl (C=O) groups is 2. The van der Waals surface area contributed by atoms with Crippen molar-refractivity contribution in [2.75, 3.05) is 0 Å². The van der Waals surface area contributed by atoms with Crippen LogP contribution in [0.5, 0.6) is 0 Å². The van der Waals surface area contributed by atoms with Crippen LogP contribution in [0.1, 0.15) is 85.0 Å². The molecule has 4 aliphatic rings. The molecule has 1 saturated heterocycles. The predicted molar refractivity (Wildman–Crippen MR) is 105 cm³/mol. The second-order valence-electron chi connectivity index (χ2n) is 10.1. The van der Waals surface area contributed by atoms with Crippen LogP contribution in [-0.4, -0.2) is 36.4 Å². The van der Waals surface area contributed by atoms with Gasteiger partial charge in [0.25, 0.3) is 0 Å². The Morgan fingerprint density at radius 2 is 1.54 bits per heavy atom. The summed E-state index contributed by atoms with van der Waals surface area (Å²) in [6, 6.07) is 0. The van der Waals surface area contributed by atoms with E-state index in [1.165, 1.54) is 0 Å². The Balaban J connectivity index is 1.36. The summed E-state index contributed by atoms with van der Waals surface area (Å²) in [7, 11) is 0. The van der Waals surface area contributed by atoms with Gasteiger partial charge < -0.3 is 14.2 Å². The average Bonchev–Trinajstić information content (AvgIpc) is 3.47. The molecule has 0 spiro atoms. The Morgan fingerprint density at radius 1 is 0.893 bits per heavy atom. The maximum Gasteiger partial charge on any atom is 0.311 e. The monoisotopic (exact) mass is 392 g/mol. The van der Waals surface area contributed by atoms with E-state index in [-0.39, 0.29) is 30.1 Å². The fraction of sp³-hybridized carbons (Fsp3) is 0.913. The summed E-state index contributed by atoms with van der Waals surface area (Å²) in [4.78, 5) is 25.4. The van der Waals surface area contributed by atoms with E-state index in [0.29, 0.717) is 24.0 Å². The molecule has 1 aliphatic heterocycles. The van der Waals surface area contributed by atoms with Crippen molar-refractivity contribution in [1.29, 1.82) is 0 Å². The summed E-state index contributed by atoms with van der Waals surface area (Å²) in [5, 5.41) is 0. The molecular weight excluding hydrogens is 356 g/mol. The molecule has 0 radical (unpaired) electrons. The predicted octanol–water partition coefficient (Wildman–Crippen LogP) is 4.41. The molecule has 0 aromatic heterocycles. The molecule has 5 nitrogen and oxygen atoms in total. The molecule has 7 unspecified atom stereocenters. The first-order valence-electron chi connectivity index (χ1n) is 11.5. The van der Waals surface area contributed by atoms with Crippen LogP contribution in [0, 0.1) is 23.2 Å². The van der Waals surface area contributed by atoms with E-state index in [4.69, 9.17) is 14.2 Å². The molecule has 0 amide bonds. The topological polar surface area (TPSA) is 65.1 Å². The highest BCUT2D eigenvalue weighted by atomic mass is 16.6. The zero-order valence-electron chi connectivity index (χ0n) is 17.7. The second kappa shape index (κ2) is 7.97. The van der Waals surface area contributed by atoms with Gasteiger partial charge in [0.05, 0.1) is 23.5 Å². The van der Waals surface area contributed by atoms with Crippen LogP contribution in [-0.2, 0) is 23.8 Å². The lowest BCUT2D eigenvalue weighted by atomic mass is 9.67. The number of epoxide rings is 1. The van der Waals surface area contributed by atoms with E-state index in [1.54, 1.807) is 0 Å². The molecule has 3 aliphatic carbocycles. The van der Waals surface area contributed by atoms with Crippen LogP contribution < -0.4 is 0 Å². The van der Waals surface area contributed by atoms with Gasteiger partial charge in [-0.05, 0) is 78.1 Å². The van der Waals surface area contributed by atoms with Crippen LogP contribution >= 0.6 is 0 Å². The number of hydrogen-bond donors (Lipinski definition) is 0. The largest absolute Gasteiger partial charge is 0.462 e. The van der Waals surface area contributed by atoms with Gasteiger partial charge in [0.2, 0.25) is 0 Å². The molecule has 7 atom stereocenters. The Labute approximate surface area is 168 Å². The smallest absolute Gasteiger partial charge is 0.311 e. The third kappa shape index (κ3) is 4.10. The normalized spacial score (nSPS) is 40.0. The van der Waals surface area contributed by atoms with Crippen molar-refractivity contribution in [2.24, 2.45) is 23.2 Å². The van der Waals surface area contributed by atoms with E-state index in [0.717, 1.165) is 64.2 Å².